The lowest BCUT2D eigenvalue weighted by Gasteiger charge is -2.16. The number of amides is 1. The third-order valence-corrected chi connectivity index (χ3v) is 6.51. The van der Waals surface area contributed by atoms with Gasteiger partial charge >= 0.3 is 0 Å². The smallest absolute Gasteiger partial charge is 0.256 e. The largest absolute Gasteiger partial charge is 0.464 e. The van der Waals surface area contributed by atoms with Gasteiger partial charge in [-0.2, -0.15) is 4.31 Å². The van der Waals surface area contributed by atoms with Crippen molar-refractivity contribution in [3.63, 3.8) is 0 Å². The minimum absolute atomic E-state index is 0.0384. The summed E-state index contributed by atoms with van der Waals surface area (Å²) in [6, 6.07) is 5.73. The second-order valence-corrected chi connectivity index (χ2v) is 8.21. The van der Waals surface area contributed by atoms with Crippen molar-refractivity contribution in [2.75, 3.05) is 13.1 Å². The van der Waals surface area contributed by atoms with Gasteiger partial charge in [0.05, 0.1) is 0 Å². The SMILES string of the molecule is Cc1oc(C)c(S(=O)(=O)N2CCCC2)c1C(=O)NCc1ccc(F)cc1. The number of carbonyl (C=O) groups is 1. The van der Waals surface area contributed by atoms with E-state index in [1.165, 1.54) is 16.4 Å². The fourth-order valence-corrected chi connectivity index (χ4v) is 5.06. The highest BCUT2D eigenvalue weighted by Gasteiger charge is 2.36. The maximum absolute atomic E-state index is 13.0. The monoisotopic (exact) mass is 380 g/mol. The van der Waals surface area contributed by atoms with Crippen LogP contribution in [-0.2, 0) is 16.6 Å². The first kappa shape index (κ1) is 18.6. The molecule has 1 aromatic heterocycles. The van der Waals surface area contributed by atoms with Crippen molar-refractivity contribution in [1.29, 1.82) is 0 Å². The molecule has 26 heavy (non-hydrogen) atoms. The second kappa shape index (κ2) is 7.20. The molecule has 1 amide bonds. The fraction of sp³-hybridized carbons (Fsp3) is 0.389. The molecular formula is C18H21FN2O4S. The van der Waals surface area contributed by atoms with Gasteiger partial charge in [-0.1, -0.05) is 12.1 Å². The molecule has 0 saturated carbocycles. The van der Waals surface area contributed by atoms with Gasteiger partial charge in [-0.3, -0.25) is 4.79 Å². The van der Waals surface area contributed by atoms with Crippen LogP contribution >= 0.6 is 0 Å². The summed E-state index contributed by atoms with van der Waals surface area (Å²) in [6.45, 7) is 4.17. The predicted octanol–water partition coefficient (Wildman–Crippen LogP) is 2.75. The van der Waals surface area contributed by atoms with Crippen molar-refractivity contribution in [3.05, 3.63) is 52.7 Å². The maximum Gasteiger partial charge on any atom is 0.256 e. The minimum atomic E-state index is -3.78. The van der Waals surface area contributed by atoms with E-state index in [0.717, 1.165) is 12.8 Å². The van der Waals surface area contributed by atoms with E-state index in [2.05, 4.69) is 5.32 Å². The molecule has 1 aromatic carbocycles. The van der Waals surface area contributed by atoms with Gasteiger partial charge in [-0.05, 0) is 44.4 Å². The van der Waals surface area contributed by atoms with E-state index in [9.17, 15) is 17.6 Å². The van der Waals surface area contributed by atoms with Gasteiger partial charge in [-0.15, -0.1) is 0 Å². The van der Waals surface area contributed by atoms with Crippen molar-refractivity contribution in [1.82, 2.24) is 9.62 Å². The molecule has 0 spiro atoms. The highest BCUT2D eigenvalue weighted by atomic mass is 32.2. The lowest BCUT2D eigenvalue weighted by atomic mass is 10.2. The Labute approximate surface area is 152 Å². The zero-order valence-electron chi connectivity index (χ0n) is 14.7. The van der Waals surface area contributed by atoms with Gasteiger partial charge in [0.1, 0.15) is 27.8 Å². The van der Waals surface area contributed by atoms with Gasteiger partial charge < -0.3 is 9.73 Å². The van der Waals surface area contributed by atoms with Crippen molar-refractivity contribution >= 4 is 15.9 Å². The summed E-state index contributed by atoms with van der Waals surface area (Å²) in [7, 11) is -3.78. The van der Waals surface area contributed by atoms with Crippen LogP contribution in [0.15, 0.2) is 33.6 Å². The molecule has 6 nitrogen and oxygen atoms in total. The number of rotatable bonds is 5. The van der Waals surface area contributed by atoms with E-state index in [1.54, 1.807) is 26.0 Å². The highest BCUT2D eigenvalue weighted by Crippen LogP contribution is 2.31. The number of hydrogen-bond acceptors (Lipinski definition) is 4. The molecule has 1 fully saturated rings. The van der Waals surface area contributed by atoms with Crippen LogP contribution in [0.2, 0.25) is 0 Å². The van der Waals surface area contributed by atoms with Crippen LogP contribution in [-0.4, -0.2) is 31.7 Å². The highest BCUT2D eigenvalue weighted by molar-refractivity contribution is 7.89. The summed E-state index contributed by atoms with van der Waals surface area (Å²) in [6.07, 6.45) is 1.61. The molecule has 0 unspecified atom stereocenters. The average Bonchev–Trinajstić information content (AvgIpc) is 3.22. The second-order valence-electron chi connectivity index (χ2n) is 6.34. The number of nitrogens with one attached hydrogen (secondary N) is 1. The van der Waals surface area contributed by atoms with E-state index < -0.39 is 15.9 Å². The Balaban J connectivity index is 1.87. The van der Waals surface area contributed by atoms with Crippen molar-refractivity contribution in [2.24, 2.45) is 0 Å². The maximum atomic E-state index is 13.0. The van der Waals surface area contributed by atoms with Crippen molar-refractivity contribution in [3.8, 4) is 0 Å². The Morgan fingerprint density at radius 3 is 2.38 bits per heavy atom. The molecule has 8 heteroatoms. The molecule has 2 aromatic rings. The number of benzene rings is 1. The van der Waals surface area contributed by atoms with Gasteiger partial charge in [0.15, 0.2) is 0 Å². The van der Waals surface area contributed by atoms with Crippen LogP contribution < -0.4 is 5.32 Å². The van der Waals surface area contributed by atoms with Crippen LogP contribution in [0.5, 0.6) is 0 Å². The van der Waals surface area contributed by atoms with Crippen LogP contribution in [0, 0.1) is 19.7 Å². The number of halogens is 1. The molecule has 0 bridgehead atoms. The Bertz CT molecular complexity index is 913. The fourth-order valence-electron chi connectivity index (χ4n) is 3.17. The molecule has 3 rings (SSSR count). The van der Waals surface area contributed by atoms with E-state index in [4.69, 9.17) is 4.42 Å². The van der Waals surface area contributed by atoms with Crippen LogP contribution in [0.1, 0.15) is 40.3 Å². The zero-order chi connectivity index (χ0) is 18.9. The predicted molar refractivity (Wildman–Crippen MR) is 93.7 cm³/mol. The third kappa shape index (κ3) is 3.52. The number of aryl methyl sites for hydroxylation is 2. The molecule has 1 aliphatic heterocycles. The van der Waals surface area contributed by atoms with Crippen molar-refractivity contribution < 1.29 is 22.0 Å². The van der Waals surface area contributed by atoms with Gasteiger partial charge in [0.2, 0.25) is 10.0 Å². The standard InChI is InChI=1S/C18H21FN2O4S/c1-12-16(18(22)20-11-14-5-7-15(19)8-6-14)17(13(2)25-12)26(23,24)21-9-3-4-10-21/h5-8H,3-4,9-11H2,1-2H3,(H,20,22). The normalized spacial score (nSPS) is 15.3. The summed E-state index contributed by atoms with van der Waals surface area (Å²) in [4.78, 5) is 12.6. The summed E-state index contributed by atoms with van der Waals surface area (Å²) in [5, 5.41) is 2.69. The summed E-state index contributed by atoms with van der Waals surface area (Å²) < 4.78 is 45.7. The average molecular weight is 380 g/mol. The molecule has 140 valence electrons. The van der Waals surface area contributed by atoms with E-state index >= 15 is 0 Å². The third-order valence-electron chi connectivity index (χ3n) is 4.46. The van der Waals surface area contributed by atoms with Crippen LogP contribution in [0.3, 0.4) is 0 Å². The molecular weight excluding hydrogens is 359 g/mol. The van der Waals surface area contributed by atoms with Crippen LogP contribution in [0.25, 0.3) is 0 Å². The molecule has 0 radical (unpaired) electrons. The van der Waals surface area contributed by atoms with Gasteiger partial charge in [-0.25, -0.2) is 12.8 Å². The Hall–Kier alpha value is -2.19. The molecule has 1 aliphatic rings. The Kier molecular flexibility index (Phi) is 5.15. The topological polar surface area (TPSA) is 79.6 Å². The molecule has 1 N–H and O–H groups in total. The molecule has 0 aliphatic carbocycles. The summed E-state index contributed by atoms with van der Waals surface area (Å²) in [5.74, 6) is -0.417. The number of sulfonamides is 1. The zero-order valence-corrected chi connectivity index (χ0v) is 15.5. The quantitative estimate of drug-likeness (QED) is 0.865. The first-order valence-corrected chi connectivity index (χ1v) is 9.87. The summed E-state index contributed by atoms with van der Waals surface area (Å²) >= 11 is 0. The van der Waals surface area contributed by atoms with E-state index in [0.29, 0.717) is 18.7 Å². The minimum Gasteiger partial charge on any atom is -0.464 e. The van der Waals surface area contributed by atoms with Crippen molar-refractivity contribution in [2.45, 2.75) is 38.1 Å². The number of furan rings is 1. The lowest BCUT2D eigenvalue weighted by Crippen LogP contribution is -2.31. The Morgan fingerprint density at radius 1 is 1.15 bits per heavy atom. The number of hydrogen-bond donors (Lipinski definition) is 1. The molecule has 2 heterocycles. The first-order valence-electron chi connectivity index (χ1n) is 8.43. The first-order chi connectivity index (χ1) is 12.3. The lowest BCUT2D eigenvalue weighted by molar-refractivity contribution is 0.0946. The van der Waals surface area contributed by atoms with E-state index in [1.807, 2.05) is 0 Å². The number of nitrogens with zero attached hydrogens (tertiary/aromatic N) is 1. The number of carbonyl (C=O) groups excluding carboxylic acids is 1. The molecule has 0 atom stereocenters. The Morgan fingerprint density at radius 2 is 1.77 bits per heavy atom. The van der Waals surface area contributed by atoms with E-state index in [-0.39, 0.29) is 34.3 Å². The molecule has 1 saturated heterocycles. The summed E-state index contributed by atoms with van der Waals surface area (Å²) in [5.41, 5.74) is 0.748. The van der Waals surface area contributed by atoms with Gasteiger partial charge in [0.25, 0.3) is 5.91 Å². The van der Waals surface area contributed by atoms with Crippen LogP contribution in [0.4, 0.5) is 4.39 Å². The van der Waals surface area contributed by atoms with Gasteiger partial charge in [0, 0.05) is 19.6 Å².